The molecule has 1 aromatic carbocycles. The van der Waals surface area contributed by atoms with Gasteiger partial charge in [-0.3, -0.25) is 9.78 Å². The van der Waals surface area contributed by atoms with Gasteiger partial charge < -0.3 is 4.74 Å². The van der Waals surface area contributed by atoms with Crippen LogP contribution in [0.4, 0.5) is 0 Å². The molecule has 0 radical (unpaired) electrons. The average molecular weight is 267 g/mol. The first-order chi connectivity index (χ1) is 9.72. The van der Waals surface area contributed by atoms with Crippen LogP contribution in [0, 0.1) is 6.92 Å². The van der Waals surface area contributed by atoms with Crippen LogP contribution in [-0.4, -0.2) is 10.8 Å². The highest BCUT2D eigenvalue weighted by Crippen LogP contribution is 2.25. The molecule has 3 heteroatoms. The third kappa shape index (κ3) is 2.72. The van der Waals surface area contributed by atoms with Crippen LogP contribution in [0.25, 0.3) is 0 Å². The molecule has 20 heavy (non-hydrogen) atoms. The number of hydrogen-bond donors (Lipinski definition) is 0. The van der Waals surface area contributed by atoms with Crippen molar-refractivity contribution >= 4 is 5.78 Å². The predicted molar refractivity (Wildman–Crippen MR) is 77.0 cm³/mol. The standard InChI is InChI=1S/C17H17NO2/c1-12-4-2-6-14(18-12)11-20-15-9-8-13-5-3-7-17(19)16(13)10-15/h2,4,6,8-10H,3,5,7,11H2,1H3. The molecule has 2 aromatic rings. The van der Waals surface area contributed by atoms with Gasteiger partial charge in [-0.15, -0.1) is 0 Å². The SMILES string of the molecule is Cc1cccc(COc2ccc3c(c2)C(=O)CCC3)n1. The van der Waals surface area contributed by atoms with Crippen LogP contribution in [0.1, 0.15) is 40.2 Å². The summed E-state index contributed by atoms with van der Waals surface area (Å²) in [4.78, 5) is 16.3. The second-order valence-electron chi connectivity index (χ2n) is 5.15. The Hall–Kier alpha value is -2.16. The number of rotatable bonds is 3. The molecule has 1 heterocycles. The molecule has 0 unspecified atom stereocenters. The van der Waals surface area contributed by atoms with E-state index in [9.17, 15) is 4.79 Å². The minimum absolute atomic E-state index is 0.227. The fraction of sp³-hybridized carbons (Fsp3) is 0.294. The Balaban J connectivity index is 1.75. The Labute approximate surface area is 118 Å². The average Bonchev–Trinajstić information content (AvgIpc) is 2.46. The number of pyridine rings is 1. The second kappa shape index (κ2) is 5.45. The third-order valence-corrected chi connectivity index (χ3v) is 3.56. The molecule has 3 nitrogen and oxygen atoms in total. The van der Waals surface area contributed by atoms with Gasteiger partial charge >= 0.3 is 0 Å². The van der Waals surface area contributed by atoms with Crippen LogP contribution in [0.15, 0.2) is 36.4 Å². The molecule has 0 saturated heterocycles. The van der Waals surface area contributed by atoms with Crippen molar-refractivity contribution in [3.8, 4) is 5.75 Å². The van der Waals surface area contributed by atoms with Crippen LogP contribution in [0.3, 0.4) is 0 Å². The van der Waals surface area contributed by atoms with E-state index in [1.165, 1.54) is 0 Å². The van der Waals surface area contributed by atoms with Crippen LogP contribution < -0.4 is 4.74 Å². The molecule has 102 valence electrons. The monoisotopic (exact) mass is 267 g/mol. The van der Waals surface area contributed by atoms with Gasteiger partial charge in [-0.1, -0.05) is 12.1 Å². The molecule has 0 fully saturated rings. The number of fused-ring (bicyclic) bond motifs is 1. The zero-order valence-corrected chi connectivity index (χ0v) is 11.6. The Morgan fingerprint density at radius 1 is 1.20 bits per heavy atom. The lowest BCUT2D eigenvalue weighted by atomic mass is 9.90. The Kier molecular flexibility index (Phi) is 3.50. The summed E-state index contributed by atoms with van der Waals surface area (Å²) in [6.45, 7) is 2.38. The van der Waals surface area contributed by atoms with Crippen LogP contribution in [-0.2, 0) is 13.0 Å². The summed E-state index contributed by atoms with van der Waals surface area (Å²) < 4.78 is 5.75. The highest BCUT2D eigenvalue weighted by Gasteiger charge is 2.17. The van der Waals surface area contributed by atoms with Gasteiger partial charge in [-0.2, -0.15) is 0 Å². The van der Waals surface area contributed by atoms with Crippen molar-refractivity contribution in [2.45, 2.75) is 32.8 Å². The molecule has 0 aliphatic heterocycles. The largest absolute Gasteiger partial charge is 0.487 e. The molecular formula is C17H17NO2. The quantitative estimate of drug-likeness (QED) is 0.854. The van der Waals surface area contributed by atoms with Gasteiger partial charge in [-0.05, 0) is 49.6 Å². The minimum Gasteiger partial charge on any atom is -0.487 e. The Morgan fingerprint density at radius 3 is 2.95 bits per heavy atom. The summed E-state index contributed by atoms with van der Waals surface area (Å²) in [6.07, 6.45) is 2.59. The summed E-state index contributed by atoms with van der Waals surface area (Å²) in [5.41, 5.74) is 3.84. The van der Waals surface area contributed by atoms with E-state index in [2.05, 4.69) is 4.98 Å². The maximum Gasteiger partial charge on any atom is 0.163 e. The van der Waals surface area contributed by atoms with Crippen molar-refractivity contribution in [3.63, 3.8) is 0 Å². The topological polar surface area (TPSA) is 39.2 Å². The number of aromatic nitrogens is 1. The van der Waals surface area contributed by atoms with Crippen LogP contribution in [0.5, 0.6) is 5.75 Å². The minimum atomic E-state index is 0.227. The summed E-state index contributed by atoms with van der Waals surface area (Å²) in [6, 6.07) is 11.7. The molecule has 0 spiro atoms. The van der Waals surface area contributed by atoms with Crippen LogP contribution >= 0.6 is 0 Å². The maximum atomic E-state index is 11.9. The number of benzene rings is 1. The van der Waals surface area contributed by atoms with Crippen molar-refractivity contribution in [3.05, 3.63) is 58.9 Å². The molecule has 1 aliphatic rings. The first kappa shape index (κ1) is 12.9. The smallest absolute Gasteiger partial charge is 0.163 e. The van der Waals surface area contributed by atoms with Gasteiger partial charge in [0.05, 0.1) is 5.69 Å². The molecule has 0 saturated carbocycles. The number of ether oxygens (including phenoxy) is 1. The number of ketones is 1. The van der Waals surface area contributed by atoms with E-state index in [4.69, 9.17) is 4.74 Å². The zero-order valence-electron chi connectivity index (χ0n) is 11.6. The van der Waals surface area contributed by atoms with E-state index in [0.29, 0.717) is 13.0 Å². The summed E-state index contributed by atoms with van der Waals surface area (Å²) in [5.74, 6) is 0.965. The molecule has 0 amide bonds. The van der Waals surface area contributed by atoms with Gasteiger partial charge in [0.25, 0.3) is 0 Å². The number of hydrogen-bond acceptors (Lipinski definition) is 3. The van der Waals surface area contributed by atoms with Crippen molar-refractivity contribution in [2.24, 2.45) is 0 Å². The van der Waals surface area contributed by atoms with E-state index in [1.807, 2.05) is 43.3 Å². The Morgan fingerprint density at radius 2 is 2.10 bits per heavy atom. The number of aryl methyl sites for hydroxylation is 2. The van der Waals surface area contributed by atoms with Gasteiger partial charge in [0.1, 0.15) is 12.4 Å². The normalized spacial score (nSPS) is 13.9. The van der Waals surface area contributed by atoms with Crippen molar-refractivity contribution in [1.29, 1.82) is 0 Å². The lowest BCUT2D eigenvalue weighted by Crippen LogP contribution is -2.11. The van der Waals surface area contributed by atoms with Gasteiger partial charge in [0.2, 0.25) is 0 Å². The highest BCUT2D eigenvalue weighted by molar-refractivity contribution is 5.98. The van der Waals surface area contributed by atoms with E-state index < -0.39 is 0 Å². The van der Waals surface area contributed by atoms with Gasteiger partial charge in [-0.25, -0.2) is 0 Å². The molecule has 1 aromatic heterocycles. The summed E-state index contributed by atoms with van der Waals surface area (Å²) in [7, 11) is 0. The predicted octanol–water partition coefficient (Wildman–Crippen LogP) is 3.49. The fourth-order valence-corrected chi connectivity index (χ4v) is 2.53. The maximum absolute atomic E-state index is 11.9. The number of Topliss-reactive ketones (excluding diaryl/α,β-unsaturated/α-hetero) is 1. The first-order valence-electron chi connectivity index (χ1n) is 6.94. The lowest BCUT2D eigenvalue weighted by Gasteiger charge is -2.15. The highest BCUT2D eigenvalue weighted by atomic mass is 16.5. The van der Waals surface area contributed by atoms with Crippen molar-refractivity contribution < 1.29 is 9.53 Å². The van der Waals surface area contributed by atoms with Crippen molar-refractivity contribution in [1.82, 2.24) is 4.98 Å². The zero-order chi connectivity index (χ0) is 13.9. The van der Waals surface area contributed by atoms with E-state index in [1.54, 1.807) is 0 Å². The fourth-order valence-electron chi connectivity index (χ4n) is 2.53. The van der Waals surface area contributed by atoms with E-state index in [0.717, 1.165) is 41.1 Å². The number of carbonyl (C=O) groups excluding carboxylic acids is 1. The van der Waals surface area contributed by atoms with E-state index >= 15 is 0 Å². The number of nitrogens with zero attached hydrogens (tertiary/aromatic N) is 1. The molecule has 3 rings (SSSR count). The molecular weight excluding hydrogens is 250 g/mol. The first-order valence-corrected chi connectivity index (χ1v) is 6.94. The molecule has 1 aliphatic carbocycles. The van der Waals surface area contributed by atoms with E-state index in [-0.39, 0.29) is 5.78 Å². The summed E-state index contributed by atoms with van der Waals surface area (Å²) >= 11 is 0. The van der Waals surface area contributed by atoms with Crippen LogP contribution in [0.2, 0.25) is 0 Å². The Bertz CT molecular complexity index is 649. The molecule has 0 atom stereocenters. The molecule has 0 bridgehead atoms. The van der Waals surface area contributed by atoms with Gasteiger partial charge in [0.15, 0.2) is 5.78 Å². The molecule has 0 N–H and O–H groups in total. The third-order valence-electron chi connectivity index (χ3n) is 3.56. The number of carbonyl (C=O) groups is 1. The van der Waals surface area contributed by atoms with Gasteiger partial charge in [0, 0.05) is 17.7 Å². The second-order valence-corrected chi connectivity index (χ2v) is 5.15. The van der Waals surface area contributed by atoms with Crippen molar-refractivity contribution in [2.75, 3.05) is 0 Å². The lowest BCUT2D eigenvalue weighted by molar-refractivity contribution is 0.0972. The summed E-state index contributed by atoms with van der Waals surface area (Å²) in [5, 5.41) is 0.